The molecular formula is C11H11Cl2N3O2S. The third kappa shape index (κ3) is 2.78. The van der Waals surface area contributed by atoms with E-state index in [0.717, 1.165) is 23.5 Å². The zero-order chi connectivity index (χ0) is 13.2. The summed E-state index contributed by atoms with van der Waals surface area (Å²) in [6.45, 7) is 1.71. The van der Waals surface area contributed by atoms with Crippen molar-refractivity contribution in [1.29, 1.82) is 0 Å². The monoisotopic (exact) mass is 319 g/mol. The summed E-state index contributed by atoms with van der Waals surface area (Å²) < 4.78 is 19.0. The van der Waals surface area contributed by atoms with Crippen molar-refractivity contribution in [1.82, 2.24) is 0 Å². The Hall–Kier alpha value is -0.660. The van der Waals surface area contributed by atoms with Gasteiger partial charge in [-0.2, -0.15) is 8.73 Å². The number of anilines is 1. The van der Waals surface area contributed by atoms with Crippen LogP contribution in [0.1, 0.15) is 6.42 Å². The number of hydrogen-bond acceptors (Lipinski definition) is 5. The molecule has 0 bridgehead atoms. The van der Waals surface area contributed by atoms with E-state index in [1.165, 1.54) is 0 Å². The Kier molecular flexibility index (Phi) is 4.04. The molecule has 1 fully saturated rings. The summed E-state index contributed by atoms with van der Waals surface area (Å²) >= 11 is 13.4. The second-order valence-corrected chi connectivity index (χ2v) is 5.50. The minimum atomic E-state index is 0.113. The van der Waals surface area contributed by atoms with Crippen LogP contribution in [0.5, 0.6) is 0 Å². The highest BCUT2D eigenvalue weighted by molar-refractivity contribution is 7.58. The van der Waals surface area contributed by atoms with Gasteiger partial charge in [0.1, 0.15) is 18.2 Å². The van der Waals surface area contributed by atoms with E-state index in [9.17, 15) is 0 Å². The van der Waals surface area contributed by atoms with Crippen molar-refractivity contribution in [3.05, 3.63) is 16.1 Å². The molecule has 2 aliphatic rings. The average molecular weight is 320 g/mol. The molecule has 5 nitrogen and oxygen atoms in total. The Labute approximate surface area is 124 Å². The third-order valence-electron chi connectivity index (χ3n) is 2.92. The van der Waals surface area contributed by atoms with Gasteiger partial charge in [-0.1, -0.05) is 23.2 Å². The van der Waals surface area contributed by atoms with Crippen LogP contribution in [0.25, 0.3) is 0 Å². The summed E-state index contributed by atoms with van der Waals surface area (Å²) in [5.41, 5.74) is 2.13. The maximum absolute atomic E-state index is 6.21. The first-order valence-corrected chi connectivity index (χ1v) is 7.28. The van der Waals surface area contributed by atoms with Crippen molar-refractivity contribution in [2.45, 2.75) is 12.5 Å². The molecule has 2 heterocycles. The Morgan fingerprint density at radius 2 is 2.16 bits per heavy atom. The van der Waals surface area contributed by atoms with Gasteiger partial charge >= 0.3 is 0 Å². The smallest absolute Gasteiger partial charge is 0.147 e. The number of ether oxygens (including phenoxy) is 2. The van der Waals surface area contributed by atoms with Crippen LogP contribution in [0, 0.1) is 0 Å². The summed E-state index contributed by atoms with van der Waals surface area (Å²) in [6, 6.07) is 1.68. The van der Waals surface area contributed by atoms with E-state index < -0.39 is 0 Å². The Bertz CT molecular complexity index is 570. The fraction of sp³-hybridized carbons (Fsp3) is 0.455. The first-order chi connectivity index (χ1) is 9.25. The highest BCUT2D eigenvalue weighted by atomic mass is 35.5. The molecule has 0 aliphatic carbocycles. The van der Waals surface area contributed by atoms with Crippen molar-refractivity contribution >= 4 is 51.6 Å². The molecule has 1 saturated heterocycles. The zero-order valence-electron chi connectivity index (χ0n) is 9.86. The number of rotatable bonds is 3. The van der Waals surface area contributed by atoms with Crippen molar-refractivity contribution in [3.63, 3.8) is 0 Å². The van der Waals surface area contributed by atoms with Crippen LogP contribution in [0.3, 0.4) is 0 Å². The molecule has 8 heteroatoms. The SMILES string of the molecule is Clc1cc(Cl)c(NCC2CCOCO2)c2c1N=S=N2. The molecule has 102 valence electrons. The average Bonchev–Trinajstić information content (AvgIpc) is 2.89. The van der Waals surface area contributed by atoms with Crippen LogP contribution in [0.15, 0.2) is 14.8 Å². The van der Waals surface area contributed by atoms with E-state index in [4.69, 9.17) is 32.7 Å². The highest BCUT2D eigenvalue weighted by Crippen LogP contribution is 2.47. The summed E-state index contributed by atoms with van der Waals surface area (Å²) in [6.07, 6.45) is 0.971. The Balaban J connectivity index is 1.78. The lowest BCUT2D eigenvalue weighted by atomic mass is 10.2. The van der Waals surface area contributed by atoms with Gasteiger partial charge in [-0.15, -0.1) is 0 Å². The molecule has 1 N–H and O–H groups in total. The summed E-state index contributed by atoms with van der Waals surface area (Å²) in [4.78, 5) is 0. The predicted octanol–water partition coefficient (Wildman–Crippen LogP) is 3.89. The van der Waals surface area contributed by atoms with E-state index in [1.807, 2.05) is 0 Å². The summed E-state index contributed by atoms with van der Waals surface area (Å²) in [5, 5.41) is 4.33. The van der Waals surface area contributed by atoms with Gasteiger partial charge in [0.15, 0.2) is 0 Å². The quantitative estimate of drug-likeness (QED) is 0.933. The summed E-state index contributed by atoms with van der Waals surface area (Å²) in [5.74, 6) is 0. The van der Waals surface area contributed by atoms with E-state index >= 15 is 0 Å². The lowest BCUT2D eigenvalue weighted by Crippen LogP contribution is -2.30. The first kappa shape index (κ1) is 13.3. The maximum Gasteiger partial charge on any atom is 0.147 e. The molecular weight excluding hydrogens is 309 g/mol. The fourth-order valence-electron chi connectivity index (χ4n) is 1.92. The third-order valence-corrected chi connectivity index (χ3v) is 4.04. The van der Waals surface area contributed by atoms with E-state index in [2.05, 4.69) is 14.0 Å². The van der Waals surface area contributed by atoms with Gasteiger partial charge in [-0.05, 0) is 12.5 Å². The lowest BCUT2D eigenvalue weighted by molar-refractivity contribution is -0.133. The number of hydrogen-bond donors (Lipinski definition) is 1. The molecule has 19 heavy (non-hydrogen) atoms. The van der Waals surface area contributed by atoms with Crippen molar-refractivity contribution in [2.75, 3.05) is 25.3 Å². The van der Waals surface area contributed by atoms with Gasteiger partial charge in [-0.25, -0.2) is 0 Å². The Morgan fingerprint density at radius 3 is 2.95 bits per heavy atom. The molecule has 1 unspecified atom stereocenters. The van der Waals surface area contributed by atoms with Gasteiger partial charge in [-0.3, -0.25) is 0 Å². The van der Waals surface area contributed by atoms with Crippen LogP contribution >= 0.6 is 23.2 Å². The molecule has 0 aromatic heterocycles. The molecule has 1 aromatic carbocycles. The molecule has 0 spiro atoms. The van der Waals surface area contributed by atoms with Crippen LogP contribution in [0.4, 0.5) is 17.1 Å². The van der Waals surface area contributed by atoms with E-state index in [1.54, 1.807) is 6.07 Å². The molecule has 0 saturated carbocycles. The zero-order valence-corrected chi connectivity index (χ0v) is 12.2. The molecule has 0 amide bonds. The largest absolute Gasteiger partial charge is 0.379 e. The van der Waals surface area contributed by atoms with Crippen LogP contribution < -0.4 is 5.32 Å². The van der Waals surface area contributed by atoms with Gasteiger partial charge in [0.2, 0.25) is 0 Å². The van der Waals surface area contributed by atoms with Crippen LogP contribution in [0.2, 0.25) is 10.0 Å². The minimum Gasteiger partial charge on any atom is -0.379 e. The number of halogens is 2. The van der Waals surface area contributed by atoms with E-state index in [-0.39, 0.29) is 6.10 Å². The Morgan fingerprint density at radius 1 is 1.32 bits per heavy atom. The van der Waals surface area contributed by atoms with Crippen LogP contribution in [-0.2, 0) is 20.8 Å². The molecule has 1 atom stereocenters. The normalized spacial score (nSPS) is 21.1. The van der Waals surface area contributed by atoms with Crippen molar-refractivity contribution < 1.29 is 9.47 Å². The number of benzene rings is 1. The minimum absolute atomic E-state index is 0.113. The molecule has 0 radical (unpaired) electrons. The number of nitrogens with one attached hydrogen (secondary N) is 1. The summed E-state index contributed by atoms with van der Waals surface area (Å²) in [7, 11) is 0. The van der Waals surface area contributed by atoms with Crippen molar-refractivity contribution in [2.24, 2.45) is 8.73 Å². The number of nitrogens with zero attached hydrogens (tertiary/aromatic N) is 2. The maximum atomic E-state index is 6.21. The second kappa shape index (κ2) is 5.76. The van der Waals surface area contributed by atoms with Gasteiger partial charge in [0.25, 0.3) is 0 Å². The standard InChI is InChI=1S/C11H11Cl2N3O2S/c12-7-3-8(13)10-11(16-19-15-10)9(7)14-4-6-1-2-17-5-18-6/h3,6,14H,1-2,4-5H2. The second-order valence-electron chi connectivity index (χ2n) is 4.16. The van der Waals surface area contributed by atoms with Crippen molar-refractivity contribution in [3.8, 4) is 0 Å². The predicted molar refractivity (Wildman–Crippen MR) is 76.8 cm³/mol. The number of fused-ring (bicyclic) bond motifs is 1. The topological polar surface area (TPSA) is 55.2 Å². The lowest BCUT2D eigenvalue weighted by Gasteiger charge is -2.24. The first-order valence-electron chi connectivity index (χ1n) is 5.79. The fourth-order valence-corrected chi connectivity index (χ4v) is 3.10. The van der Waals surface area contributed by atoms with E-state index in [0.29, 0.717) is 41.4 Å². The van der Waals surface area contributed by atoms with Gasteiger partial charge in [0.05, 0.1) is 39.8 Å². The highest BCUT2D eigenvalue weighted by Gasteiger charge is 2.20. The van der Waals surface area contributed by atoms with Gasteiger partial charge < -0.3 is 14.8 Å². The molecule has 3 rings (SSSR count). The van der Waals surface area contributed by atoms with Crippen LogP contribution in [-0.4, -0.2) is 26.0 Å². The molecule has 2 aliphatic heterocycles. The molecule has 1 aromatic rings. The van der Waals surface area contributed by atoms with Gasteiger partial charge in [0, 0.05) is 6.54 Å².